The number of amides is 1. The van der Waals surface area contributed by atoms with Gasteiger partial charge in [-0.15, -0.1) is 0 Å². The minimum Gasteiger partial charge on any atom is -0.370 e. The predicted molar refractivity (Wildman–Crippen MR) is 132 cm³/mol. The average molecular weight is 409 g/mol. The first-order chi connectivity index (χ1) is 14.3. The van der Waals surface area contributed by atoms with Crippen LogP contribution in [0.4, 0.5) is 0 Å². The number of nitrogens with zero attached hydrogens (tertiary/aromatic N) is 2. The molecule has 0 bridgehead atoms. The van der Waals surface area contributed by atoms with Crippen LogP contribution in [-0.4, -0.2) is 23.3 Å². The maximum Gasteiger partial charge on any atom is 0.268 e. The minimum absolute atomic E-state index is 0.130. The van der Waals surface area contributed by atoms with E-state index in [0.717, 1.165) is 12.0 Å². The summed E-state index contributed by atoms with van der Waals surface area (Å²) in [6.45, 7) is 25.3. The molecule has 162 valence electrons. The van der Waals surface area contributed by atoms with Gasteiger partial charge in [0.15, 0.2) is 5.96 Å². The van der Waals surface area contributed by atoms with Gasteiger partial charge in [-0.25, -0.2) is 0 Å². The molecule has 0 saturated carbocycles. The van der Waals surface area contributed by atoms with Crippen LogP contribution in [0.3, 0.4) is 0 Å². The van der Waals surface area contributed by atoms with Crippen LogP contribution >= 0.6 is 0 Å². The second-order valence-corrected chi connectivity index (χ2v) is 5.52. The molecule has 0 spiro atoms. The van der Waals surface area contributed by atoms with E-state index in [9.17, 15) is 4.79 Å². The van der Waals surface area contributed by atoms with Crippen LogP contribution in [0.2, 0.25) is 0 Å². The number of guanidine groups is 1. The van der Waals surface area contributed by atoms with Gasteiger partial charge in [0, 0.05) is 11.4 Å². The highest BCUT2D eigenvalue weighted by Gasteiger charge is 2.19. The first-order valence-corrected chi connectivity index (χ1v) is 9.71. The fourth-order valence-electron chi connectivity index (χ4n) is 2.17. The maximum absolute atomic E-state index is 12.2. The van der Waals surface area contributed by atoms with Crippen LogP contribution in [0.1, 0.15) is 27.2 Å². The lowest BCUT2D eigenvalue weighted by Crippen LogP contribution is -2.31. The van der Waals surface area contributed by atoms with Crippen molar-refractivity contribution in [3.05, 3.63) is 110 Å². The van der Waals surface area contributed by atoms with Crippen molar-refractivity contribution in [2.24, 2.45) is 16.5 Å². The zero-order valence-corrected chi connectivity index (χ0v) is 18.6. The number of nitrogens with two attached hydrogens (primary N) is 2. The second-order valence-electron chi connectivity index (χ2n) is 5.52. The Hall–Kier alpha value is -3.60. The molecule has 0 aliphatic heterocycles. The highest BCUT2D eigenvalue weighted by Crippen LogP contribution is 2.25. The smallest absolute Gasteiger partial charge is 0.268 e. The molecule has 0 saturated heterocycles. The molecule has 5 heteroatoms. The summed E-state index contributed by atoms with van der Waals surface area (Å²) in [5.74, 6) is -0.818. The molecule has 0 radical (unpaired) electrons. The highest BCUT2D eigenvalue weighted by atomic mass is 16.1. The lowest BCUT2D eigenvalue weighted by molar-refractivity contribution is -0.118. The van der Waals surface area contributed by atoms with Crippen molar-refractivity contribution in [3.63, 3.8) is 0 Å². The summed E-state index contributed by atoms with van der Waals surface area (Å²) in [7, 11) is 0. The van der Waals surface area contributed by atoms with Gasteiger partial charge in [-0.05, 0) is 17.6 Å². The Balaban J connectivity index is 0. The Kier molecular flexibility index (Phi) is 16.7. The topological polar surface area (TPSA) is 84.7 Å². The number of hydrogen-bond donors (Lipinski definition) is 2. The zero-order chi connectivity index (χ0) is 23.5. The van der Waals surface area contributed by atoms with Crippen molar-refractivity contribution in [1.82, 2.24) is 4.90 Å². The molecule has 0 rings (SSSR count). The van der Waals surface area contributed by atoms with Gasteiger partial charge < -0.3 is 16.4 Å². The Morgan fingerprint density at radius 1 is 0.967 bits per heavy atom. The summed E-state index contributed by atoms with van der Waals surface area (Å²) >= 11 is 0. The van der Waals surface area contributed by atoms with Crippen LogP contribution in [0.25, 0.3) is 0 Å². The molecule has 0 fully saturated rings. The second kappa shape index (κ2) is 17.5. The molecule has 0 unspecified atom stereocenters. The third-order valence-electron chi connectivity index (χ3n) is 3.44. The number of aliphatic imine (C=N–C) groups is 1. The first-order valence-electron chi connectivity index (χ1n) is 9.71. The van der Waals surface area contributed by atoms with Gasteiger partial charge in [-0.1, -0.05) is 108 Å². The molecule has 4 N–H and O–H groups in total. The van der Waals surface area contributed by atoms with Gasteiger partial charge in [0.2, 0.25) is 0 Å². The molecule has 5 nitrogen and oxygen atoms in total. The molecule has 0 aliphatic rings. The zero-order valence-electron chi connectivity index (χ0n) is 18.6. The fourth-order valence-corrected chi connectivity index (χ4v) is 2.17. The van der Waals surface area contributed by atoms with Crippen LogP contribution < -0.4 is 11.5 Å². The van der Waals surface area contributed by atoms with Gasteiger partial charge in [0.1, 0.15) is 6.54 Å². The number of allylic oxidation sites excluding steroid dienone is 9. The van der Waals surface area contributed by atoms with Crippen LogP contribution in [0.5, 0.6) is 0 Å². The molecule has 0 heterocycles. The fraction of sp³-hybridized carbons (Fsp3) is 0.200. The van der Waals surface area contributed by atoms with Crippen LogP contribution in [0.15, 0.2) is 115 Å². The van der Waals surface area contributed by atoms with Crippen LogP contribution in [-0.2, 0) is 4.79 Å². The Morgan fingerprint density at radius 2 is 1.53 bits per heavy atom. The summed E-state index contributed by atoms with van der Waals surface area (Å²) in [6, 6.07) is 0. The van der Waals surface area contributed by atoms with Crippen molar-refractivity contribution < 1.29 is 4.79 Å². The first kappa shape index (κ1) is 28.6. The summed E-state index contributed by atoms with van der Waals surface area (Å²) in [5, 5.41) is 0. The molecular weight excluding hydrogens is 372 g/mol. The molecule has 30 heavy (non-hydrogen) atoms. The largest absolute Gasteiger partial charge is 0.370 e. The maximum atomic E-state index is 12.2. The molecule has 0 aromatic rings. The van der Waals surface area contributed by atoms with Gasteiger partial charge in [0.05, 0.1) is 0 Å². The number of carbonyl (C=O) groups excluding carboxylic acids is 1. The van der Waals surface area contributed by atoms with Crippen molar-refractivity contribution >= 4 is 11.9 Å². The Morgan fingerprint density at radius 3 is 2.00 bits per heavy atom. The lowest BCUT2D eigenvalue weighted by atomic mass is 10.1. The highest BCUT2D eigenvalue weighted by molar-refractivity contribution is 5.92. The molecule has 0 atom stereocenters. The number of hydrogen-bond acceptors (Lipinski definition) is 2. The average Bonchev–Trinajstić information content (AvgIpc) is 2.72. The summed E-state index contributed by atoms with van der Waals surface area (Å²) in [5.41, 5.74) is 13.3. The van der Waals surface area contributed by atoms with E-state index < -0.39 is 5.91 Å². The molecule has 1 amide bonds. The van der Waals surface area contributed by atoms with E-state index in [0.29, 0.717) is 17.0 Å². The molecular formula is C25H36N4O. The van der Waals surface area contributed by atoms with E-state index in [4.69, 9.17) is 11.5 Å². The molecule has 0 aliphatic carbocycles. The normalized spacial score (nSPS) is 11.3. The Bertz CT molecular complexity index is 773. The van der Waals surface area contributed by atoms with Gasteiger partial charge in [0.25, 0.3) is 5.91 Å². The summed E-state index contributed by atoms with van der Waals surface area (Å²) < 4.78 is 0. The minimum atomic E-state index is -0.518. The summed E-state index contributed by atoms with van der Waals surface area (Å²) in [6.07, 6.45) is 16.8. The Labute approximate surface area is 182 Å². The number of carbonyl (C=O) groups is 1. The van der Waals surface area contributed by atoms with E-state index in [2.05, 4.69) is 37.9 Å². The summed E-state index contributed by atoms with van der Waals surface area (Å²) in [4.78, 5) is 17.5. The monoisotopic (exact) mass is 408 g/mol. The standard InChI is InChI=1S/C23H30N4O.C2H6/c1-7-11-13-16-20(10-4)18(5)27(17-22(28)26-23(24)25)19(6)21(14-9-3)15-12-8-2;1-2/h7-8,10-16H,1-2,4-6,9,17H2,3H3,(H4,24,25,26,28);1-2H3/b13-11-,15-12-,20-16+,21-14+;. The van der Waals surface area contributed by atoms with E-state index in [1.54, 1.807) is 41.4 Å². The van der Waals surface area contributed by atoms with Gasteiger partial charge in [-0.2, -0.15) is 4.99 Å². The van der Waals surface area contributed by atoms with Gasteiger partial charge in [-0.3, -0.25) is 4.79 Å². The van der Waals surface area contributed by atoms with E-state index in [1.807, 2.05) is 39.0 Å². The number of rotatable bonds is 12. The van der Waals surface area contributed by atoms with Gasteiger partial charge >= 0.3 is 0 Å². The van der Waals surface area contributed by atoms with E-state index in [1.165, 1.54) is 0 Å². The quantitative estimate of drug-likeness (QED) is 0.268. The third kappa shape index (κ3) is 11.3. The van der Waals surface area contributed by atoms with Crippen LogP contribution in [0, 0.1) is 0 Å². The van der Waals surface area contributed by atoms with Crippen molar-refractivity contribution in [3.8, 4) is 0 Å². The SMILES string of the molecule is C=C/C=C\C=C(/C=C)C(=C)N(CC(=O)N=C(N)N)C(=C)C(/C=C\C=C)=C/CC.CC. The van der Waals surface area contributed by atoms with Crippen molar-refractivity contribution in [2.45, 2.75) is 27.2 Å². The third-order valence-corrected chi connectivity index (χ3v) is 3.44. The van der Waals surface area contributed by atoms with E-state index in [-0.39, 0.29) is 12.5 Å². The lowest BCUT2D eigenvalue weighted by Gasteiger charge is -2.29. The van der Waals surface area contributed by atoms with Crippen molar-refractivity contribution in [2.75, 3.05) is 6.54 Å². The predicted octanol–water partition coefficient (Wildman–Crippen LogP) is 5.08. The van der Waals surface area contributed by atoms with Crippen molar-refractivity contribution in [1.29, 1.82) is 0 Å². The van der Waals surface area contributed by atoms with E-state index >= 15 is 0 Å². The molecule has 0 aromatic heterocycles. The molecule has 0 aromatic carbocycles.